The molecule has 0 aromatic heterocycles. The molecule has 0 saturated carbocycles. The lowest BCUT2D eigenvalue weighted by Gasteiger charge is -2.28. The van der Waals surface area contributed by atoms with E-state index in [2.05, 4.69) is 5.32 Å². The van der Waals surface area contributed by atoms with Gasteiger partial charge in [-0.2, -0.15) is 0 Å². The summed E-state index contributed by atoms with van der Waals surface area (Å²) in [5.41, 5.74) is 6.92. The number of carbonyl (C=O) groups is 1. The Hall–Kier alpha value is -1.42. The summed E-state index contributed by atoms with van der Waals surface area (Å²) in [5, 5.41) is 2.89. The highest BCUT2D eigenvalue weighted by Crippen LogP contribution is 2.28. The summed E-state index contributed by atoms with van der Waals surface area (Å²) in [7, 11) is 0. The van der Waals surface area contributed by atoms with Gasteiger partial charge in [0.05, 0.1) is 10.4 Å². The van der Waals surface area contributed by atoms with Gasteiger partial charge in [-0.05, 0) is 31.9 Å². The molecule has 0 aliphatic rings. The van der Waals surface area contributed by atoms with E-state index in [1.54, 1.807) is 0 Å². The topological polar surface area (TPSA) is 55.1 Å². The van der Waals surface area contributed by atoms with E-state index in [9.17, 15) is 4.79 Å². The van der Waals surface area contributed by atoms with Crippen LogP contribution in [0.25, 0.3) is 0 Å². The maximum Gasteiger partial charge on any atom is 0.237 e. The van der Waals surface area contributed by atoms with Crippen molar-refractivity contribution in [3.05, 3.63) is 29.8 Å². The van der Waals surface area contributed by atoms with E-state index in [0.717, 1.165) is 11.3 Å². The van der Waals surface area contributed by atoms with E-state index in [4.69, 9.17) is 18.0 Å². The zero-order valence-corrected chi connectivity index (χ0v) is 11.9. The van der Waals surface area contributed by atoms with Crippen molar-refractivity contribution < 1.29 is 4.79 Å². The van der Waals surface area contributed by atoms with Gasteiger partial charge in [-0.15, -0.1) is 0 Å². The number of nitrogens with one attached hydrogen (secondary N) is 1. The van der Waals surface area contributed by atoms with Crippen molar-refractivity contribution in [1.82, 2.24) is 0 Å². The molecule has 0 bridgehead atoms. The van der Waals surface area contributed by atoms with Crippen LogP contribution in [0.2, 0.25) is 0 Å². The molecule has 3 nitrogen and oxygen atoms in total. The normalized spacial score (nSPS) is 11.1. The fraction of sp³-hybridized carbons (Fsp3) is 0.429. The zero-order chi connectivity index (χ0) is 13.8. The van der Waals surface area contributed by atoms with E-state index in [-0.39, 0.29) is 10.9 Å². The molecular weight excluding hydrogens is 244 g/mol. The fourth-order valence-corrected chi connectivity index (χ4v) is 2.30. The number of aryl methyl sites for hydroxylation is 1. The van der Waals surface area contributed by atoms with Crippen LogP contribution in [-0.4, -0.2) is 10.9 Å². The maximum atomic E-state index is 12.3. The Kier molecular flexibility index (Phi) is 4.84. The minimum Gasteiger partial charge on any atom is -0.392 e. The number of rotatable bonds is 5. The van der Waals surface area contributed by atoms with Crippen LogP contribution in [0, 0.1) is 12.3 Å². The van der Waals surface area contributed by atoms with Crippen molar-refractivity contribution in [3.8, 4) is 0 Å². The summed E-state index contributed by atoms with van der Waals surface area (Å²) in [4.78, 5) is 12.6. The lowest BCUT2D eigenvalue weighted by atomic mass is 9.81. The van der Waals surface area contributed by atoms with Crippen molar-refractivity contribution in [2.75, 3.05) is 5.32 Å². The van der Waals surface area contributed by atoms with Crippen LogP contribution in [-0.2, 0) is 4.79 Å². The van der Waals surface area contributed by atoms with Gasteiger partial charge in [0.2, 0.25) is 5.91 Å². The predicted octanol–water partition coefficient (Wildman–Crippen LogP) is 3.03. The molecule has 0 aliphatic heterocycles. The zero-order valence-electron chi connectivity index (χ0n) is 11.1. The van der Waals surface area contributed by atoms with Crippen LogP contribution >= 0.6 is 12.2 Å². The first-order valence-electron chi connectivity index (χ1n) is 6.14. The Bertz CT molecular complexity index is 436. The van der Waals surface area contributed by atoms with Gasteiger partial charge in [0.25, 0.3) is 0 Å². The number of benzene rings is 1. The second kappa shape index (κ2) is 5.96. The summed E-state index contributed by atoms with van der Waals surface area (Å²) < 4.78 is 0. The molecule has 0 atom stereocenters. The van der Waals surface area contributed by atoms with E-state index in [1.807, 2.05) is 45.0 Å². The van der Waals surface area contributed by atoms with Crippen LogP contribution in [0.4, 0.5) is 5.69 Å². The molecule has 0 spiro atoms. The minimum absolute atomic E-state index is 0.121. The fourth-order valence-electron chi connectivity index (χ4n) is 1.92. The minimum atomic E-state index is -0.750. The molecule has 0 heterocycles. The number of amides is 1. The lowest BCUT2D eigenvalue weighted by molar-refractivity contribution is -0.122. The highest BCUT2D eigenvalue weighted by atomic mass is 32.1. The predicted molar refractivity (Wildman–Crippen MR) is 79.6 cm³/mol. The van der Waals surface area contributed by atoms with Gasteiger partial charge in [0, 0.05) is 5.69 Å². The van der Waals surface area contributed by atoms with Crippen LogP contribution in [0.15, 0.2) is 24.3 Å². The van der Waals surface area contributed by atoms with E-state index < -0.39 is 5.41 Å². The average molecular weight is 264 g/mol. The molecule has 1 aromatic rings. The largest absolute Gasteiger partial charge is 0.392 e. The van der Waals surface area contributed by atoms with Crippen molar-refractivity contribution in [1.29, 1.82) is 0 Å². The van der Waals surface area contributed by atoms with Crippen LogP contribution in [0.3, 0.4) is 0 Å². The standard InChI is InChI=1S/C14H20N2OS/c1-4-14(5-2,12(15)18)13(17)16-11-8-6-10(3)7-9-11/h6-9H,4-5H2,1-3H3,(H2,15,18)(H,16,17). The molecular formula is C14H20N2OS. The molecule has 0 radical (unpaired) electrons. The first-order valence-corrected chi connectivity index (χ1v) is 6.55. The Labute approximate surface area is 114 Å². The summed E-state index contributed by atoms with van der Waals surface area (Å²) in [5.74, 6) is -0.121. The Morgan fingerprint density at radius 1 is 1.28 bits per heavy atom. The monoisotopic (exact) mass is 264 g/mol. The highest BCUT2D eigenvalue weighted by molar-refractivity contribution is 7.80. The molecule has 1 amide bonds. The molecule has 0 saturated heterocycles. The van der Waals surface area contributed by atoms with E-state index in [0.29, 0.717) is 12.8 Å². The number of anilines is 1. The molecule has 0 aliphatic carbocycles. The molecule has 1 rings (SSSR count). The summed E-state index contributed by atoms with van der Waals surface area (Å²) in [6, 6.07) is 7.66. The highest BCUT2D eigenvalue weighted by Gasteiger charge is 2.37. The van der Waals surface area contributed by atoms with Gasteiger partial charge in [-0.25, -0.2) is 0 Å². The van der Waals surface area contributed by atoms with E-state index in [1.165, 1.54) is 0 Å². The maximum absolute atomic E-state index is 12.3. The average Bonchev–Trinajstić information content (AvgIpc) is 2.34. The second-order valence-corrected chi connectivity index (χ2v) is 4.91. The first-order chi connectivity index (χ1) is 8.46. The summed E-state index contributed by atoms with van der Waals surface area (Å²) in [6.07, 6.45) is 1.22. The lowest BCUT2D eigenvalue weighted by Crippen LogP contribution is -2.45. The third kappa shape index (κ3) is 2.88. The number of hydrogen-bond donors (Lipinski definition) is 2. The molecule has 18 heavy (non-hydrogen) atoms. The number of carbonyl (C=O) groups excluding carboxylic acids is 1. The van der Waals surface area contributed by atoms with Gasteiger partial charge in [0.15, 0.2) is 0 Å². The number of hydrogen-bond acceptors (Lipinski definition) is 2. The van der Waals surface area contributed by atoms with Crippen molar-refractivity contribution >= 4 is 28.8 Å². The summed E-state index contributed by atoms with van der Waals surface area (Å²) >= 11 is 5.06. The van der Waals surface area contributed by atoms with Gasteiger partial charge in [-0.1, -0.05) is 43.8 Å². The van der Waals surface area contributed by atoms with Gasteiger partial charge in [0.1, 0.15) is 0 Å². The third-order valence-corrected chi connectivity index (χ3v) is 3.81. The van der Waals surface area contributed by atoms with Gasteiger partial charge < -0.3 is 11.1 Å². The third-order valence-electron chi connectivity index (χ3n) is 3.42. The van der Waals surface area contributed by atoms with Crippen molar-refractivity contribution in [2.45, 2.75) is 33.6 Å². The van der Waals surface area contributed by atoms with Gasteiger partial charge in [-0.3, -0.25) is 4.79 Å². The molecule has 3 N–H and O–H groups in total. The Balaban J connectivity index is 2.92. The molecule has 0 unspecified atom stereocenters. The second-order valence-electron chi connectivity index (χ2n) is 4.47. The van der Waals surface area contributed by atoms with Crippen LogP contribution in [0.1, 0.15) is 32.3 Å². The van der Waals surface area contributed by atoms with Gasteiger partial charge >= 0.3 is 0 Å². The van der Waals surface area contributed by atoms with E-state index >= 15 is 0 Å². The van der Waals surface area contributed by atoms with Crippen molar-refractivity contribution in [2.24, 2.45) is 11.1 Å². The molecule has 98 valence electrons. The van der Waals surface area contributed by atoms with Crippen LogP contribution in [0.5, 0.6) is 0 Å². The molecule has 4 heteroatoms. The first kappa shape index (κ1) is 14.6. The van der Waals surface area contributed by atoms with Crippen LogP contribution < -0.4 is 11.1 Å². The molecule has 1 aromatic carbocycles. The Morgan fingerprint density at radius 2 is 1.78 bits per heavy atom. The SMILES string of the molecule is CCC(CC)(C(=O)Nc1ccc(C)cc1)C(N)=S. The Morgan fingerprint density at radius 3 is 2.17 bits per heavy atom. The number of thiocarbonyl (C=S) groups is 1. The summed E-state index contributed by atoms with van der Waals surface area (Å²) in [6.45, 7) is 5.86. The smallest absolute Gasteiger partial charge is 0.237 e. The quantitative estimate of drug-likeness (QED) is 0.804. The number of nitrogens with two attached hydrogens (primary N) is 1. The molecule has 0 fully saturated rings. The van der Waals surface area contributed by atoms with Crippen molar-refractivity contribution in [3.63, 3.8) is 0 Å².